The molecule has 0 aliphatic rings. The van der Waals surface area contributed by atoms with Gasteiger partial charge in [-0.15, -0.1) is 0 Å². The number of hydrogen-bond donors (Lipinski definition) is 10. The van der Waals surface area contributed by atoms with Crippen LogP contribution in [0, 0.1) is 0 Å². The fourth-order valence-corrected chi connectivity index (χ4v) is 3.11. The first-order valence-electron chi connectivity index (χ1n) is 11.0. The van der Waals surface area contributed by atoms with Crippen LogP contribution in [-0.2, 0) is 24.0 Å². The van der Waals surface area contributed by atoms with Gasteiger partial charge in [0, 0.05) is 12.3 Å². The van der Waals surface area contributed by atoms with Crippen molar-refractivity contribution in [2.45, 2.75) is 62.7 Å². The van der Waals surface area contributed by atoms with Crippen molar-refractivity contribution in [3.8, 4) is 0 Å². The first-order chi connectivity index (χ1) is 16.4. The lowest BCUT2D eigenvalue weighted by Crippen LogP contribution is -2.57. The Labute approximate surface area is 208 Å². The molecule has 15 nitrogen and oxygen atoms in total. The quantitative estimate of drug-likeness (QED) is 0.0361. The maximum atomic E-state index is 12.9. The van der Waals surface area contributed by atoms with Crippen LogP contribution in [0.1, 0.15) is 38.5 Å². The number of unbranched alkanes of at least 4 members (excludes halogenated alkanes) is 1. The molecule has 4 unspecified atom stereocenters. The summed E-state index contributed by atoms with van der Waals surface area (Å²) in [5.41, 5.74) is 26.6. The standard InChI is InChI=1S/C19H37N9O6S/c20-6-2-1-4-12(18(33)34)27-17(32)13(9-35)28-16(31)11(5-3-7-25-19(23)24)26-15(30)10(21)8-14(22)29/h10-13,35H,1-9,20-21H2,(H2,22,29)(H,26,30)(H,27,32)(H,28,31)(H,33,34)(H4,23,24,25). The third kappa shape index (κ3) is 14.0. The summed E-state index contributed by atoms with van der Waals surface area (Å²) < 4.78 is 0. The molecular formula is C19H37N9O6S. The van der Waals surface area contributed by atoms with Gasteiger partial charge in [0.2, 0.25) is 23.6 Å². The zero-order chi connectivity index (χ0) is 27.0. The molecule has 0 spiro atoms. The molecule has 0 aliphatic heterocycles. The summed E-state index contributed by atoms with van der Waals surface area (Å²) in [6.07, 6.45) is 1.15. The number of guanidine groups is 1. The predicted molar refractivity (Wildman–Crippen MR) is 132 cm³/mol. The number of hydrogen-bond acceptors (Lipinski definition) is 9. The van der Waals surface area contributed by atoms with Gasteiger partial charge < -0.3 is 49.7 Å². The molecule has 16 heteroatoms. The van der Waals surface area contributed by atoms with E-state index in [2.05, 4.69) is 33.6 Å². The molecule has 0 heterocycles. The Bertz CT molecular complexity index is 763. The zero-order valence-corrected chi connectivity index (χ0v) is 20.3. The van der Waals surface area contributed by atoms with Crippen molar-refractivity contribution in [1.82, 2.24) is 16.0 Å². The fraction of sp³-hybridized carbons (Fsp3) is 0.684. The highest BCUT2D eigenvalue weighted by molar-refractivity contribution is 7.80. The van der Waals surface area contributed by atoms with Gasteiger partial charge >= 0.3 is 5.97 Å². The molecule has 4 amide bonds. The van der Waals surface area contributed by atoms with Crippen LogP contribution in [0.2, 0.25) is 0 Å². The number of carbonyl (C=O) groups is 5. The second kappa shape index (κ2) is 17.3. The lowest BCUT2D eigenvalue weighted by molar-refractivity contribution is -0.142. The van der Waals surface area contributed by atoms with Crippen molar-refractivity contribution >= 4 is 48.2 Å². The average Bonchev–Trinajstić information content (AvgIpc) is 2.77. The normalized spacial score (nSPS) is 14.0. The van der Waals surface area contributed by atoms with Crippen LogP contribution in [0.15, 0.2) is 4.99 Å². The summed E-state index contributed by atoms with van der Waals surface area (Å²) in [4.78, 5) is 64.1. The van der Waals surface area contributed by atoms with Gasteiger partial charge in [-0.2, -0.15) is 12.6 Å². The molecule has 0 saturated heterocycles. The molecule has 200 valence electrons. The van der Waals surface area contributed by atoms with Crippen molar-refractivity contribution in [2.24, 2.45) is 33.7 Å². The summed E-state index contributed by atoms with van der Waals surface area (Å²) >= 11 is 4.06. The maximum absolute atomic E-state index is 12.9. The lowest BCUT2D eigenvalue weighted by Gasteiger charge is -2.24. The number of nitrogens with zero attached hydrogens (tertiary/aromatic N) is 1. The highest BCUT2D eigenvalue weighted by Crippen LogP contribution is 2.04. The number of primary amides is 1. The van der Waals surface area contributed by atoms with E-state index in [1.807, 2.05) is 0 Å². The lowest BCUT2D eigenvalue weighted by atomic mass is 10.1. The van der Waals surface area contributed by atoms with Gasteiger partial charge in [0.25, 0.3) is 0 Å². The number of carboxylic acids is 1. The molecule has 0 aromatic rings. The first-order valence-corrected chi connectivity index (χ1v) is 11.6. The van der Waals surface area contributed by atoms with Crippen molar-refractivity contribution in [3.63, 3.8) is 0 Å². The summed E-state index contributed by atoms with van der Waals surface area (Å²) in [6.45, 7) is 0.546. The van der Waals surface area contributed by atoms with Gasteiger partial charge in [-0.25, -0.2) is 4.79 Å². The van der Waals surface area contributed by atoms with E-state index < -0.39 is 60.2 Å². The second-order valence-electron chi connectivity index (χ2n) is 7.71. The summed E-state index contributed by atoms with van der Waals surface area (Å²) in [5, 5.41) is 16.6. The van der Waals surface area contributed by atoms with Crippen molar-refractivity contribution in [2.75, 3.05) is 18.8 Å². The zero-order valence-electron chi connectivity index (χ0n) is 19.4. The minimum absolute atomic E-state index is 0.0649. The number of aliphatic carboxylic acids is 1. The molecule has 4 atom stereocenters. The van der Waals surface area contributed by atoms with Gasteiger partial charge in [-0.1, -0.05) is 0 Å². The van der Waals surface area contributed by atoms with Crippen LogP contribution >= 0.6 is 12.6 Å². The maximum Gasteiger partial charge on any atom is 0.326 e. The van der Waals surface area contributed by atoms with Gasteiger partial charge in [0.05, 0.1) is 12.5 Å². The molecule has 0 fully saturated rings. The molecule has 0 radical (unpaired) electrons. The smallest absolute Gasteiger partial charge is 0.326 e. The Morgan fingerprint density at radius 3 is 1.89 bits per heavy atom. The van der Waals surface area contributed by atoms with Gasteiger partial charge in [0.1, 0.15) is 18.1 Å². The van der Waals surface area contributed by atoms with E-state index in [4.69, 9.17) is 28.7 Å². The molecule has 0 aromatic carbocycles. The molecule has 14 N–H and O–H groups in total. The first kappa shape index (κ1) is 31.9. The summed E-state index contributed by atoms with van der Waals surface area (Å²) in [7, 11) is 0. The Kier molecular flexibility index (Phi) is 15.8. The largest absolute Gasteiger partial charge is 0.480 e. The molecule has 0 aliphatic carbocycles. The van der Waals surface area contributed by atoms with E-state index in [9.17, 15) is 29.1 Å². The number of rotatable bonds is 18. The van der Waals surface area contributed by atoms with Gasteiger partial charge in [0.15, 0.2) is 5.96 Å². The summed E-state index contributed by atoms with van der Waals surface area (Å²) in [5.74, 6) is -4.64. The Hall–Kier alpha value is -3.11. The number of carboxylic acid groups (broad SMARTS) is 1. The number of aliphatic imine (C=N–C) groups is 1. The van der Waals surface area contributed by atoms with Gasteiger partial charge in [-0.05, 0) is 38.6 Å². The topological polar surface area (TPSA) is 284 Å². The number of amides is 4. The number of thiol groups is 1. The molecule has 0 bridgehead atoms. The number of nitrogens with two attached hydrogens (primary N) is 5. The molecular weight excluding hydrogens is 482 g/mol. The fourth-order valence-electron chi connectivity index (χ4n) is 2.85. The van der Waals surface area contributed by atoms with Crippen molar-refractivity contribution in [3.05, 3.63) is 0 Å². The van der Waals surface area contributed by atoms with Crippen LogP contribution in [-0.4, -0.2) is 83.7 Å². The monoisotopic (exact) mass is 519 g/mol. The predicted octanol–water partition coefficient (Wildman–Crippen LogP) is -4.16. The van der Waals surface area contributed by atoms with Crippen LogP contribution in [0.3, 0.4) is 0 Å². The SMILES string of the molecule is NCCCCC(NC(=O)C(CS)NC(=O)C(CCCN=C(N)N)NC(=O)C(N)CC(N)=O)C(=O)O. The third-order valence-corrected chi connectivity index (χ3v) is 5.08. The van der Waals surface area contributed by atoms with E-state index >= 15 is 0 Å². The molecule has 0 saturated carbocycles. The van der Waals surface area contributed by atoms with E-state index in [1.54, 1.807) is 0 Å². The average molecular weight is 520 g/mol. The molecule has 0 rings (SSSR count). The third-order valence-electron chi connectivity index (χ3n) is 4.71. The highest BCUT2D eigenvalue weighted by Gasteiger charge is 2.29. The number of nitrogens with one attached hydrogen (secondary N) is 3. The van der Waals surface area contributed by atoms with E-state index in [1.165, 1.54) is 0 Å². The Morgan fingerprint density at radius 1 is 0.829 bits per heavy atom. The van der Waals surface area contributed by atoms with Crippen LogP contribution in [0.4, 0.5) is 0 Å². The van der Waals surface area contributed by atoms with Gasteiger partial charge in [-0.3, -0.25) is 24.2 Å². The Balaban J connectivity index is 5.32. The minimum Gasteiger partial charge on any atom is -0.480 e. The van der Waals surface area contributed by atoms with Crippen molar-refractivity contribution in [1.29, 1.82) is 0 Å². The second-order valence-corrected chi connectivity index (χ2v) is 8.08. The molecule has 0 aromatic heterocycles. The highest BCUT2D eigenvalue weighted by atomic mass is 32.1. The van der Waals surface area contributed by atoms with E-state index in [-0.39, 0.29) is 37.5 Å². The Morgan fingerprint density at radius 2 is 1.37 bits per heavy atom. The van der Waals surface area contributed by atoms with Crippen molar-refractivity contribution < 1.29 is 29.1 Å². The van der Waals surface area contributed by atoms with Crippen LogP contribution in [0.25, 0.3) is 0 Å². The minimum atomic E-state index is -1.28. The van der Waals surface area contributed by atoms with E-state index in [0.717, 1.165) is 0 Å². The molecule has 35 heavy (non-hydrogen) atoms. The summed E-state index contributed by atoms with van der Waals surface area (Å²) in [6, 6.07) is -4.81. The van der Waals surface area contributed by atoms with E-state index in [0.29, 0.717) is 19.4 Å². The van der Waals surface area contributed by atoms with Crippen LogP contribution in [0.5, 0.6) is 0 Å². The van der Waals surface area contributed by atoms with Crippen LogP contribution < -0.4 is 44.6 Å². The number of carbonyl (C=O) groups excluding carboxylic acids is 4.